The van der Waals surface area contributed by atoms with Crippen LogP contribution in [0.5, 0.6) is 0 Å². The van der Waals surface area contributed by atoms with E-state index in [0.717, 1.165) is 29.7 Å². The van der Waals surface area contributed by atoms with Gasteiger partial charge in [-0.1, -0.05) is 41.0 Å². The summed E-state index contributed by atoms with van der Waals surface area (Å²) >= 11 is 0. The maximum atomic E-state index is 13.2. The van der Waals surface area contributed by atoms with Gasteiger partial charge in [0.2, 0.25) is 11.8 Å². The summed E-state index contributed by atoms with van der Waals surface area (Å²) in [5.74, 6) is -0.00647. The predicted octanol–water partition coefficient (Wildman–Crippen LogP) is 4.10. The number of carbonyl (C=O) groups is 2. The van der Waals surface area contributed by atoms with E-state index in [4.69, 9.17) is 0 Å². The van der Waals surface area contributed by atoms with Crippen molar-refractivity contribution in [1.29, 1.82) is 0 Å². The molecule has 0 spiro atoms. The zero-order valence-electron chi connectivity index (χ0n) is 14.8. The summed E-state index contributed by atoms with van der Waals surface area (Å²) in [4.78, 5) is 27.9. The topological polar surface area (TPSA) is 37.4 Å². The molecule has 3 aliphatic carbocycles. The fraction of sp³-hybridized carbons (Fsp3) is 0.455. The first-order valence-corrected chi connectivity index (χ1v) is 9.43. The zero-order chi connectivity index (χ0) is 17.3. The highest BCUT2D eigenvalue weighted by molar-refractivity contribution is 6.23. The maximum absolute atomic E-state index is 13.2. The average molecular weight is 333 g/mol. The minimum Gasteiger partial charge on any atom is -0.274 e. The Morgan fingerprint density at radius 3 is 2.08 bits per heavy atom. The van der Waals surface area contributed by atoms with Gasteiger partial charge in [-0.2, -0.15) is 0 Å². The van der Waals surface area contributed by atoms with Crippen LogP contribution in [0.25, 0.3) is 0 Å². The molecule has 3 nitrogen and oxygen atoms in total. The van der Waals surface area contributed by atoms with E-state index >= 15 is 0 Å². The Bertz CT molecular complexity index is 821. The Kier molecular flexibility index (Phi) is 3.13. The number of carbonyl (C=O) groups excluding carboxylic acids is 2. The number of aryl methyl sites for hydroxylation is 2. The van der Waals surface area contributed by atoms with Crippen LogP contribution in [-0.4, -0.2) is 11.8 Å². The summed E-state index contributed by atoms with van der Waals surface area (Å²) < 4.78 is 0. The second kappa shape index (κ2) is 5.17. The molecule has 5 rings (SSSR count). The first-order chi connectivity index (χ1) is 12.1. The van der Waals surface area contributed by atoms with Crippen LogP contribution in [-0.2, 0) is 9.59 Å². The van der Waals surface area contributed by atoms with Crippen molar-refractivity contribution in [2.24, 2.45) is 23.7 Å². The van der Waals surface area contributed by atoms with E-state index < -0.39 is 0 Å². The molecule has 2 saturated carbocycles. The molecular weight excluding hydrogens is 310 g/mol. The van der Waals surface area contributed by atoms with Gasteiger partial charge in [0.15, 0.2) is 0 Å². The standard InChI is InChI=1S/C22H23NO2/c1-12-7-10-17(13(2)11-12)23-21(24)19-15-8-9-16(20(19)22(23)25)18(15)14-5-3-4-6-14/h7-11,15-16,19-20H,3-6H2,1-2H3. The van der Waals surface area contributed by atoms with Gasteiger partial charge in [0.25, 0.3) is 0 Å². The Labute approximate surface area is 148 Å². The number of rotatable bonds is 1. The van der Waals surface area contributed by atoms with Crippen molar-refractivity contribution in [3.05, 3.63) is 52.6 Å². The highest BCUT2D eigenvalue weighted by Crippen LogP contribution is 2.58. The third-order valence-corrected chi connectivity index (χ3v) is 6.62. The van der Waals surface area contributed by atoms with Gasteiger partial charge in [-0.3, -0.25) is 9.59 Å². The van der Waals surface area contributed by atoms with Gasteiger partial charge < -0.3 is 0 Å². The summed E-state index contributed by atoms with van der Waals surface area (Å²) in [6.07, 6.45) is 9.22. The van der Waals surface area contributed by atoms with Crippen LogP contribution in [0.4, 0.5) is 5.69 Å². The molecule has 3 fully saturated rings. The van der Waals surface area contributed by atoms with Gasteiger partial charge in [0.05, 0.1) is 17.5 Å². The number of fused-ring (bicyclic) bond motifs is 5. The van der Waals surface area contributed by atoms with Gasteiger partial charge in [0.1, 0.15) is 0 Å². The number of anilines is 1. The molecule has 1 heterocycles. The summed E-state index contributed by atoms with van der Waals surface area (Å²) in [6.45, 7) is 4.01. The van der Waals surface area contributed by atoms with Crippen LogP contribution < -0.4 is 4.90 Å². The number of amides is 2. The first-order valence-electron chi connectivity index (χ1n) is 9.43. The molecule has 0 radical (unpaired) electrons. The van der Waals surface area contributed by atoms with Crippen molar-refractivity contribution in [2.75, 3.05) is 4.90 Å². The summed E-state index contributed by atoms with van der Waals surface area (Å²) in [5.41, 5.74) is 5.87. The maximum Gasteiger partial charge on any atom is 0.238 e. The summed E-state index contributed by atoms with van der Waals surface area (Å²) in [7, 11) is 0. The van der Waals surface area contributed by atoms with Crippen LogP contribution in [0.2, 0.25) is 0 Å². The molecule has 1 aliphatic heterocycles. The number of nitrogens with zero attached hydrogens (tertiary/aromatic N) is 1. The predicted molar refractivity (Wildman–Crippen MR) is 97.0 cm³/mol. The molecule has 2 amide bonds. The molecule has 1 saturated heterocycles. The third kappa shape index (κ3) is 1.92. The Morgan fingerprint density at radius 2 is 1.52 bits per heavy atom. The quantitative estimate of drug-likeness (QED) is 0.573. The SMILES string of the molecule is Cc1ccc(N2C(=O)C3C4C=CC(C4=C4CCCC4)C3C2=O)c(C)c1. The van der Waals surface area contributed by atoms with E-state index in [9.17, 15) is 9.59 Å². The third-order valence-electron chi connectivity index (χ3n) is 6.62. The minimum absolute atomic E-state index is 0.00917. The van der Waals surface area contributed by atoms with E-state index in [0.29, 0.717) is 0 Å². The number of benzene rings is 1. The second-order valence-electron chi connectivity index (χ2n) is 8.06. The number of hydrogen-bond donors (Lipinski definition) is 0. The molecule has 1 aromatic rings. The highest BCUT2D eigenvalue weighted by atomic mass is 16.2. The largest absolute Gasteiger partial charge is 0.274 e. The lowest BCUT2D eigenvalue weighted by atomic mass is 9.85. The lowest BCUT2D eigenvalue weighted by molar-refractivity contribution is -0.122. The van der Waals surface area contributed by atoms with Crippen LogP contribution in [0, 0.1) is 37.5 Å². The lowest BCUT2D eigenvalue weighted by Gasteiger charge is -2.21. The van der Waals surface area contributed by atoms with Gasteiger partial charge >= 0.3 is 0 Å². The molecule has 4 unspecified atom stereocenters. The molecule has 128 valence electrons. The summed E-state index contributed by atoms with van der Waals surface area (Å²) in [5, 5.41) is 0. The van der Waals surface area contributed by atoms with Crippen molar-refractivity contribution in [3.63, 3.8) is 0 Å². The average Bonchev–Trinajstić information content (AvgIpc) is 3.32. The number of imide groups is 1. The van der Waals surface area contributed by atoms with Crippen molar-refractivity contribution in [1.82, 2.24) is 0 Å². The van der Waals surface area contributed by atoms with Crippen LogP contribution >= 0.6 is 0 Å². The monoisotopic (exact) mass is 333 g/mol. The van der Waals surface area contributed by atoms with E-state index in [1.54, 1.807) is 0 Å². The van der Waals surface area contributed by atoms with Crippen LogP contribution in [0.1, 0.15) is 36.8 Å². The molecule has 0 aromatic heterocycles. The van der Waals surface area contributed by atoms with E-state index in [2.05, 4.69) is 12.2 Å². The Morgan fingerprint density at radius 1 is 0.920 bits per heavy atom. The van der Waals surface area contributed by atoms with Crippen molar-refractivity contribution in [3.8, 4) is 0 Å². The van der Waals surface area contributed by atoms with Gasteiger partial charge in [-0.25, -0.2) is 4.90 Å². The van der Waals surface area contributed by atoms with Gasteiger partial charge in [0, 0.05) is 11.8 Å². The molecule has 25 heavy (non-hydrogen) atoms. The van der Waals surface area contributed by atoms with Gasteiger partial charge in [-0.05, 0) is 51.2 Å². The van der Waals surface area contributed by atoms with E-state index in [1.165, 1.54) is 28.9 Å². The molecule has 2 bridgehead atoms. The second-order valence-corrected chi connectivity index (χ2v) is 8.06. The fourth-order valence-corrected chi connectivity index (χ4v) is 5.62. The Balaban J connectivity index is 1.56. The molecular formula is C22H23NO2. The fourth-order valence-electron chi connectivity index (χ4n) is 5.62. The zero-order valence-corrected chi connectivity index (χ0v) is 14.8. The smallest absolute Gasteiger partial charge is 0.238 e. The van der Waals surface area contributed by atoms with Crippen molar-refractivity contribution in [2.45, 2.75) is 39.5 Å². The number of allylic oxidation sites excluding steroid dienone is 4. The van der Waals surface area contributed by atoms with E-state index in [1.807, 2.05) is 32.0 Å². The minimum atomic E-state index is -0.175. The molecule has 0 N–H and O–H groups in total. The molecule has 4 atom stereocenters. The lowest BCUT2D eigenvalue weighted by Crippen LogP contribution is -2.33. The summed E-state index contributed by atoms with van der Waals surface area (Å²) in [6, 6.07) is 5.95. The molecule has 3 heteroatoms. The normalized spacial score (nSPS) is 33.1. The Hall–Kier alpha value is -2.16. The molecule has 4 aliphatic rings. The van der Waals surface area contributed by atoms with Crippen molar-refractivity contribution >= 4 is 17.5 Å². The number of hydrogen-bond acceptors (Lipinski definition) is 2. The van der Waals surface area contributed by atoms with Crippen molar-refractivity contribution < 1.29 is 9.59 Å². The highest BCUT2D eigenvalue weighted by Gasteiger charge is 2.62. The van der Waals surface area contributed by atoms with Crippen LogP contribution in [0.3, 0.4) is 0 Å². The molecule has 1 aromatic carbocycles. The van der Waals surface area contributed by atoms with Crippen LogP contribution in [0.15, 0.2) is 41.5 Å². The van der Waals surface area contributed by atoms with Gasteiger partial charge in [-0.15, -0.1) is 0 Å². The van der Waals surface area contributed by atoms with E-state index in [-0.39, 0.29) is 35.5 Å². The first kappa shape index (κ1) is 15.1.